The zero-order valence-electron chi connectivity index (χ0n) is 15.4. The molecule has 0 aromatic heterocycles. The van der Waals surface area contributed by atoms with Crippen LogP contribution in [0.4, 0.5) is 17.1 Å². The molecule has 3 aromatic rings. The number of fused-ring (bicyclic) bond motifs is 1. The lowest BCUT2D eigenvalue weighted by molar-refractivity contribution is -0.114. The molecular weight excluding hydrogens is 350 g/mol. The maximum atomic E-state index is 11.4. The van der Waals surface area contributed by atoms with Crippen molar-refractivity contribution in [1.82, 2.24) is 0 Å². The number of hydrogen-bond acceptors (Lipinski definition) is 4. The number of nitrogens with one attached hydrogen (secondary N) is 3. The maximum absolute atomic E-state index is 11.4. The summed E-state index contributed by atoms with van der Waals surface area (Å²) in [6.07, 6.45) is -0.821. The van der Waals surface area contributed by atoms with Crippen molar-refractivity contribution in [3.05, 3.63) is 90.0 Å². The molecular formula is C23H21N3O2. The van der Waals surface area contributed by atoms with Crippen LogP contribution in [0, 0.1) is 0 Å². The van der Waals surface area contributed by atoms with E-state index in [9.17, 15) is 9.90 Å². The number of carbonyl (C=O) groups excluding carboxylic acids is 1. The first kappa shape index (κ1) is 17.8. The predicted octanol–water partition coefficient (Wildman–Crippen LogP) is 4.37. The normalized spacial score (nSPS) is 16.7. The van der Waals surface area contributed by atoms with E-state index in [1.54, 1.807) is 0 Å². The van der Waals surface area contributed by atoms with E-state index < -0.39 is 6.23 Å². The van der Waals surface area contributed by atoms with Gasteiger partial charge in [-0.2, -0.15) is 0 Å². The molecule has 5 heteroatoms. The quantitative estimate of drug-likeness (QED) is 0.549. The molecule has 1 atom stereocenters. The summed E-state index contributed by atoms with van der Waals surface area (Å²) in [5.41, 5.74) is 5.93. The third-order valence-corrected chi connectivity index (χ3v) is 4.57. The van der Waals surface area contributed by atoms with Crippen molar-refractivity contribution < 1.29 is 9.90 Å². The summed E-state index contributed by atoms with van der Waals surface area (Å²) in [5, 5.41) is 20.1. The van der Waals surface area contributed by atoms with Gasteiger partial charge in [0, 0.05) is 35.1 Å². The van der Waals surface area contributed by atoms with Crippen LogP contribution < -0.4 is 16.0 Å². The number of para-hydroxylation sites is 1. The van der Waals surface area contributed by atoms with Crippen LogP contribution in [0.5, 0.6) is 0 Å². The van der Waals surface area contributed by atoms with Crippen molar-refractivity contribution >= 4 is 34.2 Å². The molecule has 4 N–H and O–H groups in total. The fourth-order valence-electron chi connectivity index (χ4n) is 3.40. The number of amides is 1. The molecule has 0 radical (unpaired) electrons. The molecule has 1 amide bonds. The molecule has 1 unspecified atom stereocenters. The van der Waals surface area contributed by atoms with E-state index in [4.69, 9.17) is 0 Å². The minimum absolute atomic E-state index is 0.122. The molecule has 3 aromatic carbocycles. The Labute approximate surface area is 163 Å². The van der Waals surface area contributed by atoms with E-state index in [1.165, 1.54) is 6.92 Å². The second kappa shape index (κ2) is 7.58. The Morgan fingerprint density at radius 1 is 0.893 bits per heavy atom. The van der Waals surface area contributed by atoms with Gasteiger partial charge in [-0.25, -0.2) is 0 Å². The van der Waals surface area contributed by atoms with Crippen LogP contribution in [0.25, 0.3) is 11.3 Å². The molecule has 1 aliphatic heterocycles. The highest BCUT2D eigenvalue weighted by molar-refractivity contribution is 6.03. The number of benzene rings is 3. The topological polar surface area (TPSA) is 73.4 Å². The summed E-state index contributed by atoms with van der Waals surface area (Å²) in [6, 6.07) is 25.2. The van der Waals surface area contributed by atoms with E-state index in [1.807, 2.05) is 78.9 Å². The van der Waals surface area contributed by atoms with Gasteiger partial charge < -0.3 is 21.1 Å². The summed E-state index contributed by atoms with van der Waals surface area (Å²) in [7, 11) is 0. The van der Waals surface area contributed by atoms with E-state index in [-0.39, 0.29) is 5.91 Å². The average Bonchev–Trinajstić information content (AvgIpc) is 3.02. The minimum Gasteiger partial charge on any atom is -0.369 e. The number of hydrogen-bond donors (Lipinski definition) is 4. The standard InChI is InChI=1S/C23H21N3O2/c1-15(27)24-17-10-7-11-18(14-17)25-22(16-8-3-2-4-9-16)21-19-12-5-6-13-20(19)26-23(21)28/h2-14,23,25-26,28H,1H3,(H,24,27)/b22-21-. The summed E-state index contributed by atoms with van der Waals surface area (Å²) in [5.74, 6) is -0.122. The second-order valence-corrected chi connectivity index (χ2v) is 6.63. The zero-order valence-corrected chi connectivity index (χ0v) is 15.4. The second-order valence-electron chi connectivity index (χ2n) is 6.63. The van der Waals surface area contributed by atoms with Crippen LogP contribution >= 0.6 is 0 Å². The largest absolute Gasteiger partial charge is 0.369 e. The highest BCUT2D eigenvalue weighted by atomic mass is 16.3. The van der Waals surface area contributed by atoms with E-state index >= 15 is 0 Å². The van der Waals surface area contributed by atoms with Gasteiger partial charge in [-0.3, -0.25) is 4.79 Å². The Balaban J connectivity index is 1.82. The number of carbonyl (C=O) groups is 1. The Kier molecular flexibility index (Phi) is 4.83. The van der Waals surface area contributed by atoms with Gasteiger partial charge in [0.1, 0.15) is 0 Å². The lowest BCUT2D eigenvalue weighted by atomic mass is 9.99. The first-order valence-corrected chi connectivity index (χ1v) is 9.10. The highest BCUT2D eigenvalue weighted by Gasteiger charge is 2.28. The molecule has 1 heterocycles. The SMILES string of the molecule is CC(=O)Nc1cccc(N/C(=C2/c3ccccc3NC2O)c2ccccc2)c1. The Hall–Kier alpha value is -3.57. The fourth-order valence-corrected chi connectivity index (χ4v) is 3.40. The van der Waals surface area contributed by atoms with Gasteiger partial charge in [-0.05, 0) is 29.8 Å². The van der Waals surface area contributed by atoms with E-state index in [0.29, 0.717) is 5.69 Å². The average molecular weight is 371 g/mol. The van der Waals surface area contributed by atoms with Gasteiger partial charge in [0.15, 0.2) is 6.23 Å². The third-order valence-electron chi connectivity index (χ3n) is 4.57. The predicted molar refractivity (Wildman–Crippen MR) is 114 cm³/mol. The Morgan fingerprint density at radius 2 is 1.57 bits per heavy atom. The molecule has 0 saturated carbocycles. The Morgan fingerprint density at radius 3 is 2.32 bits per heavy atom. The van der Waals surface area contributed by atoms with Crippen LogP contribution in [-0.2, 0) is 4.79 Å². The molecule has 0 bridgehead atoms. The van der Waals surface area contributed by atoms with Crippen molar-refractivity contribution in [2.24, 2.45) is 0 Å². The monoisotopic (exact) mass is 371 g/mol. The molecule has 4 rings (SSSR count). The van der Waals surface area contributed by atoms with Gasteiger partial charge in [0.25, 0.3) is 0 Å². The van der Waals surface area contributed by atoms with E-state index in [0.717, 1.165) is 33.8 Å². The molecule has 0 spiro atoms. The maximum Gasteiger partial charge on any atom is 0.221 e. The van der Waals surface area contributed by atoms with Crippen molar-refractivity contribution in [1.29, 1.82) is 0 Å². The molecule has 0 aliphatic carbocycles. The lowest BCUT2D eigenvalue weighted by Crippen LogP contribution is -2.16. The van der Waals surface area contributed by atoms with E-state index in [2.05, 4.69) is 16.0 Å². The third kappa shape index (κ3) is 3.61. The Bertz CT molecular complexity index is 1040. The van der Waals surface area contributed by atoms with Gasteiger partial charge in [0.05, 0.1) is 5.70 Å². The molecule has 1 aliphatic rings. The zero-order chi connectivity index (χ0) is 19.5. The smallest absolute Gasteiger partial charge is 0.221 e. The first-order valence-electron chi connectivity index (χ1n) is 9.10. The van der Waals surface area contributed by atoms with Crippen LogP contribution in [0.2, 0.25) is 0 Å². The summed E-state index contributed by atoms with van der Waals surface area (Å²) in [6.45, 7) is 1.48. The lowest BCUT2D eigenvalue weighted by Gasteiger charge is -2.18. The number of aliphatic hydroxyl groups excluding tert-OH is 1. The van der Waals surface area contributed by atoms with Gasteiger partial charge in [0.2, 0.25) is 5.91 Å². The van der Waals surface area contributed by atoms with Crippen LogP contribution in [0.1, 0.15) is 18.1 Å². The summed E-state index contributed by atoms with van der Waals surface area (Å²) < 4.78 is 0. The summed E-state index contributed by atoms with van der Waals surface area (Å²) in [4.78, 5) is 11.4. The highest BCUT2D eigenvalue weighted by Crippen LogP contribution is 2.39. The number of aliphatic hydroxyl groups is 1. The van der Waals surface area contributed by atoms with Gasteiger partial charge in [-0.15, -0.1) is 0 Å². The summed E-state index contributed by atoms with van der Waals surface area (Å²) >= 11 is 0. The van der Waals surface area contributed by atoms with Crippen LogP contribution in [0.15, 0.2) is 78.9 Å². The molecule has 5 nitrogen and oxygen atoms in total. The molecule has 140 valence electrons. The fraction of sp³-hybridized carbons (Fsp3) is 0.0870. The van der Waals surface area contributed by atoms with Crippen molar-refractivity contribution in [3.63, 3.8) is 0 Å². The first-order chi connectivity index (χ1) is 13.6. The van der Waals surface area contributed by atoms with Gasteiger partial charge in [-0.1, -0.05) is 54.6 Å². The van der Waals surface area contributed by atoms with Crippen LogP contribution in [-0.4, -0.2) is 17.2 Å². The van der Waals surface area contributed by atoms with Crippen molar-refractivity contribution in [2.45, 2.75) is 13.2 Å². The minimum atomic E-state index is -0.821. The van der Waals surface area contributed by atoms with Crippen molar-refractivity contribution in [2.75, 3.05) is 16.0 Å². The molecule has 0 fully saturated rings. The van der Waals surface area contributed by atoms with Gasteiger partial charge >= 0.3 is 0 Å². The van der Waals surface area contributed by atoms with Crippen molar-refractivity contribution in [3.8, 4) is 0 Å². The molecule has 0 saturated heterocycles. The molecule has 28 heavy (non-hydrogen) atoms. The number of anilines is 3. The number of rotatable bonds is 4. The van der Waals surface area contributed by atoms with Crippen LogP contribution in [0.3, 0.4) is 0 Å².